The van der Waals surface area contributed by atoms with Crippen LogP contribution in [0.3, 0.4) is 0 Å². The Kier molecular flexibility index (Phi) is 6.33. The van der Waals surface area contributed by atoms with Crippen molar-refractivity contribution < 1.29 is 13.2 Å². The molecule has 0 spiro atoms. The lowest BCUT2D eigenvalue weighted by atomic mass is 10.1. The van der Waals surface area contributed by atoms with Crippen molar-refractivity contribution in [3.05, 3.63) is 65.2 Å². The second kappa shape index (κ2) is 8.27. The lowest BCUT2D eigenvalue weighted by Crippen LogP contribution is -2.31. The van der Waals surface area contributed by atoms with E-state index in [1.165, 1.54) is 10.4 Å². The molecule has 0 saturated carbocycles. The van der Waals surface area contributed by atoms with Gasteiger partial charge in [-0.2, -0.15) is 4.31 Å². The van der Waals surface area contributed by atoms with Gasteiger partial charge in [-0.1, -0.05) is 50.2 Å². The van der Waals surface area contributed by atoms with Gasteiger partial charge < -0.3 is 5.32 Å². The van der Waals surface area contributed by atoms with Crippen molar-refractivity contribution in [3.8, 4) is 0 Å². The van der Waals surface area contributed by atoms with Gasteiger partial charge in [0.05, 0.1) is 4.90 Å². The summed E-state index contributed by atoms with van der Waals surface area (Å²) in [6.45, 7) is 6.51. The standard InChI is InChI=1S/C19H24N2O3S/c1-4-21(5-2)25(23,24)18-13-17(12-11-15(18)3)19(22)20-14-16-9-7-6-8-10-16/h6-13H,4-5,14H2,1-3H3,(H,20,22). The normalized spacial score (nSPS) is 11.5. The molecule has 2 aromatic carbocycles. The molecule has 0 fully saturated rings. The number of nitrogens with zero attached hydrogens (tertiary/aromatic N) is 1. The summed E-state index contributed by atoms with van der Waals surface area (Å²) < 4.78 is 26.9. The van der Waals surface area contributed by atoms with Crippen LogP contribution in [0.5, 0.6) is 0 Å². The molecule has 0 aliphatic heterocycles. The van der Waals surface area contributed by atoms with Crippen LogP contribution in [-0.2, 0) is 16.6 Å². The first-order chi connectivity index (χ1) is 11.9. The minimum Gasteiger partial charge on any atom is -0.348 e. The molecule has 2 rings (SSSR count). The third-order valence-electron chi connectivity index (χ3n) is 4.07. The van der Waals surface area contributed by atoms with Gasteiger partial charge in [0.1, 0.15) is 0 Å². The molecular weight excluding hydrogens is 336 g/mol. The van der Waals surface area contributed by atoms with E-state index in [4.69, 9.17) is 0 Å². The Hall–Kier alpha value is -2.18. The number of benzene rings is 2. The van der Waals surface area contributed by atoms with Crippen LogP contribution in [-0.4, -0.2) is 31.7 Å². The molecule has 2 aromatic rings. The highest BCUT2D eigenvalue weighted by atomic mass is 32.2. The number of hydrogen-bond donors (Lipinski definition) is 1. The Bertz CT molecular complexity index is 829. The molecule has 25 heavy (non-hydrogen) atoms. The lowest BCUT2D eigenvalue weighted by Gasteiger charge is -2.20. The summed E-state index contributed by atoms with van der Waals surface area (Å²) in [5, 5.41) is 2.82. The molecule has 0 radical (unpaired) electrons. The van der Waals surface area contributed by atoms with Crippen LogP contribution in [0, 0.1) is 6.92 Å². The summed E-state index contributed by atoms with van der Waals surface area (Å²) in [6, 6.07) is 14.4. The number of amides is 1. The summed E-state index contributed by atoms with van der Waals surface area (Å²) in [5.74, 6) is -0.292. The minimum absolute atomic E-state index is 0.184. The lowest BCUT2D eigenvalue weighted by molar-refractivity contribution is 0.0950. The van der Waals surface area contributed by atoms with Gasteiger partial charge in [-0.05, 0) is 30.2 Å². The van der Waals surface area contributed by atoms with Crippen LogP contribution >= 0.6 is 0 Å². The van der Waals surface area contributed by atoms with Gasteiger partial charge in [-0.25, -0.2) is 8.42 Å². The number of rotatable bonds is 7. The number of aryl methyl sites for hydroxylation is 1. The van der Waals surface area contributed by atoms with Crippen molar-refractivity contribution in [1.29, 1.82) is 0 Å². The van der Waals surface area contributed by atoms with E-state index in [1.54, 1.807) is 32.9 Å². The quantitative estimate of drug-likeness (QED) is 0.825. The Labute approximate surface area is 149 Å². The zero-order chi connectivity index (χ0) is 18.4. The van der Waals surface area contributed by atoms with E-state index >= 15 is 0 Å². The molecule has 0 unspecified atom stereocenters. The van der Waals surface area contributed by atoms with Crippen molar-refractivity contribution >= 4 is 15.9 Å². The Morgan fingerprint density at radius 3 is 2.28 bits per heavy atom. The van der Waals surface area contributed by atoms with E-state index in [-0.39, 0.29) is 10.8 Å². The predicted molar refractivity (Wildman–Crippen MR) is 98.9 cm³/mol. The van der Waals surface area contributed by atoms with E-state index in [0.717, 1.165) is 5.56 Å². The summed E-state index contributed by atoms with van der Waals surface area (Å²) in [6.07, 6.45) is 0. The fraction of sp³-hybridized carbons (Fsp3) is 0.316. The van der Waals surface area contributed by atoms with Crippen LogP contribution < -0.4 is 5.32 Å². The largest absolute Gasteiger partial charge is 0.348 e. The van der Waals surface area contributed by atoms with Crippen molar-refractivity contribution in [2.75, 3.05) is 13.1 Å². The zero-order valence-corrected chi connectivity index (χ0v) is 15.6. The Morgan fingerprint density at radius 2 is 1.68 bits per heavy atom. The van der Waals surface area contributed by atoms with Crippen LogP contribution in [0.1, 0.15) is 35.3 Å². The highest BCUT2D eigenvalue weighted by molar-refractivity contribution is 7.89. The summed E-state index contributed by atoms with van der Waals surface area (Å²) in [5.41, 5.74) is 1.96. The summed E-state index contributed by atoms with van der Waals surface area (Å²) in [4.78, 5) is 12.6. The van der Waals surface area contributed by atoms with Crippen molar-refractivity contribution in [3.63, 3.8) is 0 Å². The molecule has 0 aliphatic carbocycles. The fourth-order valence-electron chi connectivity index (χ4n) is 2.60. The second-order valence-corrected chi connectivity index (χ2v) is 7.64. The first-order valence-corrected chi connectivity index (χ1v) is 9.77. The number of sulfonamides is 1. The maximum absolute atomic E-state index is 12.8. The first kappa shape index (κ1) is 19.1. The van der Waals surface area contributed by atoms with Gasteiger partial charge in [0, 0.05) is 25.2 Å². The van der Waals surface area contributed by atoms with Crippen LogP contribution in [0.25, 0.3) is 0 Å². The predicted octanol–water partition coefficient (Wildman–Crippen LogP) is 2.96. The number of carbonyl (C=O) groups is 1. The average Bonchev–Trinajstić information content (AvgIpc) is 2.61. The van der Waals surface area contributed by atoms with Crippen LogP contribution in [0.15, 0.2) is 53.4 Å². The Morgan fingerprint density at radius 1 is 1.04 bits per heavy atom. The highest BCUT2D eigenvalue weighted by Gasteiger charge is 2.24. The van der Waals surface area contributed by atoms with Crippen molar-refractivity contribution in [2.24, 2.45) is 0 Å². The van der Waals surface area contributed by atoms with Crippen LogP contribution in [0.2, 0.25) is 0 Å². The second-order valence-electron chi connectivity index (χ2n) is 5.74. The molecule has 0 heterocycles. The molecule has 0 saturated heterocycles. The molecule has 0 aliphatic rings. The van der Waals surface area contributed by atoms with Crippen molar-refractivity contribution in [1.82, 2.24) is 9.62 Å². The molecule has 0 aromatic heterocycles. The zero-order valence-electron chi connectivity index (χ0n) is 14.8. The molecule has 0 atom stereocenters. The third-order valence-corrected chi connectivity index (χ3v) is 6.26. The number of carbonyl (C=O) groups excluding carboxylic acids is 1. The van der Waals surface area contributed by atoms with Crippen LogP contribution in [0.4, 0.5) is 0 Å². The van der Waals surface area contributed by atoms with E-state index in [9.17, 15) is 13.2 Å². The first-order valence-electron chi connectivity index (χ1n) is 8.33. The van der Waals surface area contributed by atoms with Gasteiger partial charge >= 0.3 is 0 Å². The van der Waals surface area contributed by atoms with Crippen molar-refractivity contribution in [2.45, 2.75) is 32.2 Å². The molecule has 6 heteroatoms. The molecule has 134 valence electrons. The SMILES string of the molecule is CCN(CC)S(=O)(=O)c1cc(C(=O)NCc2ccccc2)ccc1C. The van der Waals surface area contributed by atoms with Gasteiger partial charge in [-0.3, -0.25) is 4.79 Å². The molecular formula is C19H24N2O3S. The molecule has 0 bridgehead atoms. The maximum Gasteiger partial charge on any atom is 0.251 e. The topological polar surface area (TPSA) is 66.5 Å². The average molecular weight is 360 g/mol. The van der Waals surface area contributed by atoms with Gasteiger partial charge in [0.2, 0.25) is 10.0 Å². The third kappa shape index (κ3) is 4.46. The highest BCUT2D eigenvalue weighted by Crippen LogP contribution is 2.21. The monoisotopic (exact) mass is 360 g/mol. The summed E-state index contributed by atoms with van der Waals surface area (Å²) >= 11 is 0. The molecule has 5 nitrogen and oxygen atoms in total. The van der Waals surface area contributed by atoms with E-state index in [0.29, 0.717) is 30.8 Å². The fourth-order valence-corrected chi connectivity index (χ4v) is 4.31. The van der Waals surface area contributed by atoms with E-state index in [1.807, 2.05) is 30.3 Å². The molecule has 1 amide bonds. The summed E-state index contributed by atoms with van der Waals surface area (Å²) in [7, 11) is -3.60. The van der Waals surface area contributed by atoms with Gasteiger partial charge in [0.25, 0.3) is 5.91 Å². The minimum atomic E-state index is -3.60. The van der Waals surface area contributed by atoms with Gasteiger partial charge in [0.15, 0.2) is 0 Å². The molecule has 1 N–H and O–H groups in total. The van der Waals surface area contributed by atoms with E-state index < -0.39 is 10.0 Å². The van der Waals surface area contributed by atoms with E-state index in [2.05, 4.69) is 5.32 Å². The Balaban J connectivity index is 2.24. The number of nitrogens with one attached hydrogen (secondary N) is 1. The number of hydrogen-bond acceptors (Lipinski definition) is 3. The van der Waals surface area contributed by atoms with Gasteiger partial charge in [-0.15, -0.1) is 0 Å². The maximum atomic E-state index is 12.8. The smallest absolute Gasteiger partial charge is 0.251 e.